The summed E-state index contributed by atoms with van der Waals surface area (Å²) in [5.41, 5.74) is 2.98. The first-order valence-electron chi connectivity index (χ1n) is 10.9. The molecule has 3 heterocycles. The van der Waals surface area contributed by atoms with Crippen LogP contribution in [-0.4, -0.2) is 43.6 Å². The summed E-state index contributed by atoms with van der Waals surface area (Å²) in [6.45, 7) is 2.75. The van der Waals surface area contributed by atoms with E-state index in [4.69, 9.17) is 0 Å². The van der Waals surface area contributed by atoms with E-state index < -0.39 is 11.6 Å². The summed E-state index contributed by atoms with van der Waals surface area (Å²) in [6, 6.07) is 11.1. The molecule has 5 rings (SSSR count). The molecule has 0 radical (unpaired) electrons. The number of imidazole rings is 1. The van der Waals surface area contributed by atoms with Gasteiger partial charge in [-0.2, -0.15) is 4.68 Å². The first-order valence-corrected chi connectivity index (χ1v) is 10.9. The molecular formula is C24H23F2N5O2. The minimum Gasteiger partial charge on any atom is -0.343 e. The highest BCUT2D eigenvalue weighted by Crippen LogP contribution is 2.30. The van der Waals surface area contributed by atoms with Gasteiger partial charge in [0.15, 0.2) is 11.6 Å². The fourth-order valence-electron chi connectivity index (χ4n) is 4.53. The van der Waals surface area contributed by atoms with Gasteiger partial charge in [-0.1, -0.05) is 18.2 Å². The third-order valence-corrected chi connectivity index (χ3v) is 6.32. The zero-order valence-electron chi connectivity index (χ0n) is 18.1. The van der Waals surface area contributed by atoms with Crippen molar-refractivity contribution in [2.75, 3.05) is 13.1 Å². The Hall–Kier alpha value is -3.75. The second-order valence-electron chi connectivity index (χ2n) is 8.43. The molecule has 0 unspecified atom stereocenters. The zero-order chi connectivity index (χ0) is 23.1. The quantitative estimate of drug-likeness (QED) is 0.497. The highest BCUT2D eigenvalue weighted by Gasteiger charge is 2.28. The summed E-state index contributed by atoms with van der Waals surface area (Å²) >= 11 is 0. The van der Waals surface area contributed by atoms with Gasteiger partial charge in [-0.15, -0.1) is 0 Å². The first-order chi connectivity index (χ1) is 15.9. The van der Waals surface area contributed by atoms with Gasteiger partial charge in [0.25, 0.3) is 5.56 Å². The number of likely N-dealkylation sites (tertiary alicyclic amines) is 1. The summed E-state index contributed by atoms with van der Waals surface area (Å²) in [7, 11) is 0. The Morgan fingerprint density at radius 3 is 2.58 bits per heavy atom. The largest absolute Gasteiger partial charge is 0.343 e. The Bertz CT molecular complexity index is 1360. The molecule has 0 atom stereocenters. The molecule has 9 heteroatoms. The van der Waals surface area contributed by atoms with E-state index in [-0.39, 0.29) is 23.8 Å². The van der Waals surface area contributed by atoms with Gasteiger partial charge in [0.1, 0.15) is 0 Å². The van der Waals surface area contributed by atoms with E-state index in [2.05, 4.69) is 15.1 Å². The lowest BCUT2D eigenvalue weighted by Gasteiger charge is -2.31. The van der Waals surface area contributed by atoms with Gasteiger partial charge in [-0.3, -0.25) is 14.7 Å². The van der Waals surface area contributed by atoms with E-state index in [1.807, 2.05) is 24.3 Å². The molecule has 1 aliphatic rings. The Kier molecular flexibility index (Phi) is 5.32. The first kappa shape index (κ1) is 21.1. The van der Waals surface area contributed by atoms with E-state index in [9.17, 15) is 18.4 Å². The standard InChI is InChI=1S/C24H23F2N5O2/c1-14(32)30-10-8-16(9-11-30)22-17(12-15-6-7-18(25)19(26)13-15)23(33)31(29-22)24-27-20-4-2-3-5-21(20)28-24/h2-7,13,16,29H,8-12H2,1H3,(H,27,28). The number of fused-ring (bicyclic) bond motifs is 1. The number of aromatic amines is 2. The van der Waals surface area contributed by atoms with Gasteiger partial charge in [0, 0.05) is 43.6 Å². The van der Waals surface area contributed by atoms with Crippen molar-refractivity contribution in [3.63, 3.8) is 0 Å². The summed E-state index contributed by atoms with van der Waals surface area (Å²) in [5, 5.41) is 3.23. The monoisotopic (exact) mass is 451 g/mol. The number of carbonyl (C=O) groups is 1. The molecule has 2 aromatic heterocycles. The smallest absolute Gasteiger partial charge is 0.277 e. The molecule has 1 fully saturated rings. The van der Waals surface area contributed by atoms with Crippen LogP contribution >= 0.6 is 0 Å². The Morgan fingerprint density at radius 2 is 1.88 bits per heavy atom. The van der Waals surface area contributed by atoms with Crippen LogP contribution in [-0.2, 0) is 11.2 Å². The Labute approximate surface area is 188 Å². The lowest BCUT2D eigenvalue weighted by Crippen LogP contribution is -2.36. The Morgan fingerprint density at radius 1 is 1.12 bits per heavy atom. The van der Waals surface area contributed by atoms with Gasteiger partial charge in [0.2, 0.25) is 11.9 Å². The molecular weight excluding hydrogens is 428 g/mol. The number of aromatic nitrogens is 4. The number of halogens is 2. The van der Waals surface area contributed by atoms with Crippen molar-refractivity contribution in [1.29, 1.82) is 0 Å². The molecule has 0 aliphatic carbocycles. The number of amides is 1. The molecule has 2 N–H and O–H groups in total. The third-order valence-electron chi connectivity index (χ3n) is 6.32. The van der Waals surface area contributed by atoms with E-state index in [0.717, 1.165) is 28.9 Å². The van der Waals surface area contributed by atoms with Crippen molar-refractivity contribution in [2.45, 2.75) is 32.1 Å². The van der Waals surface area contributed by atoms with Crippen LogP contribution in [0.15, 0.2) is 47.3 Å². The number of para-hydroxylation sites is 2. The number of rotatable bonds is 4. The number of nitrogens with one attached hydrogen (secondary N) is 2. The van der Waals surface area contributed by atoms with Crippen LogP contribution in [0.2, 0.25) is 0 Å². The van der Waals surface area contributed by atoms with Crippen LogP contribution in [0, 0.1) is 11.6 Å². The zero-order valence-corrected chi connectivity index (χ0v) is 18.1. The van der Waals surface area contributed by atoms with Crippen molar-refractivity contribution in [1.82, 2.24) is 24.6 Å². The number of piperidine rings is 1. The van der Waals surface area contributed by atoms with Gasteiger partial charge in [-0.25, -0.2) is 13.8 Å². The average molecular weight is 451 g/mol. The van der Waals surface area contributed by atoms with Crippen LogP contribution in [0.3, 0.4) is 0 Å². The lowest BCUT2D eigenvalue weighted by atomic mass is 9.89. The summed E-state index contributed by atoms with van der Waals surface area (Å²) < 4.78 is 28.6. The van der Waals surface area contributed by atoms with E-state index in [1.165, 1.54) is 10.7 Å². The number of hydrogen-bond donors (Lipinski definition) is 2. The summed E-state index contributed by atoms with van der Waals surface area (Å²) in [5.74, 6) is -1.45. The molecule has 2 aromatic carbocycles. The number of carbonyl (C=O) groups excluding carboxylic acids is 1. The second-order valence-corrected chi connectivity index (χ2v) is 8.43. The maximum atomic E-state index is 13.8. The maximum Gasteiger partial charge on any atom is 0.277 e. The van der Waals surface area contributed by atoms with Crippen molar-refractivity contribution in [2.24, 2.45) is 0 Å². The highest BCUT2D eigenvalue weighted by molar-refractivity contribution is 5.76. The summed E-state index contributed by atoms with van der Waals surface area (Å²) in [6.07, 6.45) is 1.55. The molecule has 7 nitrogen and oxygen atoms in total. The Balaban J connectivity index is 1.57. The third kappa shape index (κ3) is 3.94. The van der Waals surface area contributed by atoms with Crippen molar-refractivity contribution >= 4 is 16.9 Å². The molecule has 4 aromatic rings. The van der Waals surface area contributed by atoms with Crippen LogP contribution in [0.25, 0.3) is 17.0 Å². The van der Waals surface area contributed by atoms with E-state index in [1.54, 1.807) is 11.8 Å². The number of H-pyrrole nitrogens is 2. The van der Waals surface area contributed by atoms with Gasteiger partial charge in [-0.05, 0) is 42.7 Å². The van der Waals surface area contributed by atoms with E-state index in [0.29, 0.717) is 43.0 Å². The predicted octanol–water partition coefficient (Wildman–Crippen LogP) is 3.64. The second kappa shape index (κ2) is 8.31. The van der Waals surface area contributed by atoms with Crippen LogP contribution in [0.4, 0.5) is 8.78 Å². The van der Waals surface area contributed by atoms with Crippen LogP contribution in [0.1, 0.15) is 42.5 Å². The SMILES string of the molecule is CC(=O)N1CCC(c2[nH]n(-c3nc4ccccc4[nH]3)c(=O)c2Cc2ccc(F)c(F)c2)CC1. The highest BCUT2D eigenvalue weighted by atomic mass is 19.2. The van der Waals surface area contributed by atoms with E-state index >= 15 is 0 Å². The molecule has 0 saturated carbocycles. The normalized spacial score (nSPS) is 14.8. The predicted molar refractivity (Wildman–Crippen MR) is 119 cm³/mol. The average Bonchev–Trinajstić information content (AvgIpc) is 3.37. The molecule has 0 spiro atoms. The number of nitrogens with zero attached hydrogens (tertiary/aromatic N) is 3. The lowest BCUT2D eigenvalue weighted by molar-refractivity contribution is -0.129. The van der Waals surface area contributed by atoms with Gasteiger partial charge >= 0.3 is 0 Å². The van der Waals surface area contributed by atoms with Crippen LogP contribution in [0.5, 0.6) is 0 Å². The number of benzene rings is 2. The molecule has 1 saturated heterocycles. The molecule has 0 bridgehead atoms. The maximum absolute atomic E-state index is 13.8. The minimum atomic E-state index is -0.947. The van der Waals surface area contributed by atoms with Crippen molar-refractivity contribution < 1.29 is 13.6 Å². The molecule has 1 aliphatic heterocycles. The summed E-state index contributed by atoms with van der Waals surface area (Å²) in [4.78, 5) is 34.7. The van der Waals surface area contributed by atoms with Gasteiger partial charge in [0.05, 0.1) is 11.0 Å². The molecule has 33 heavy (non-hydrogen) atoms. The fourth-order valence-corrected chi connectivity index (χ4v) is 4.53. The van der Waals surface area contributed by atoms with Gasteiger partial charge < -0.3 is 9.88 Å². The topological polar surface area (TPSA) is 86.8 Å². The van der Waals surface area contributed by atoms with Crippen molar-refractivity contribution in [3.05, 3.63) is 81.3 Å². The molecule has 1 amide bonds. The minimum absolute atomic E-state index is 0.0271. The fraction of sp³-hybridized carbons (Fsp3) is 0.292. The van der Waals surface area contributed by atoms with Crippen LogP contribution < -0.4 is 5.56 Å². The number of hydrogen-bond acceptors (Lipinski definition) is 3. The molecule has 170 valence electrons. The van der Waals surface area contributed by atoms with Crippen molar-refractivity contribution in [3.8, 4) is 5.95 Å².